The summed E-state index contributed by atoms with van der Waals surface area (Å²) in [6.45, 7) is 2.33. The minimum absolute atomic E-state index is 0.173. The Hall–Kier alpha value is -1.69. The van der Waals surface area contributed by atoms with E-state index < -0.39 is 0 Å². The second-order valence-electron chi connectivity index (χ2n) is 5.30. The van der Waals surface area contributed by atoms with E-state index in [0.717, 1.165) is 28.4 Å². The highest BCUT2D eigenvalue weighted by Crippen LogP contribution is 2.21. The first-order chi connectivity index (χ1) is 10.2. The minimum atomic E-state index is 0.173. The number of nitrogens with zero attached hydrogens (tertiary/aromatic N) is 2. The van der Waals surface area contributed by atoms with Gasteiger partial charge in [-0.3, -0.25) is 9.89 Å². The van der Waals surface area contributed by atoms with Gasteiger partial charge in [0.15, 0.2) is 0 Å². The molecule has 21 heavy (non-hydrogen) atoms. The van der Waals surface area contributed by atoms with Gasteiger partial charge in [0, 0.05) is 34.4 Å². The second kappa shape index (κ2) is 5.97. The van der Waals surface area contributed by atoms with Gasteiger partial charge in [0.2, 0.25) is 0 Å². The van der Waals surface area contributed by atoms with Gasteiger partial charge in [0.25, 0.3) is 0 Å². The molecule has 3 N–H and O–H groups in total. The van der Waals surface area contributed by atoms with Gasteiger partial charge in [-0.15, -0.1) is 11.3 Å². The zero-order chi connectivity index (χ0) is 14.8. The number of rotatable bonds is 4. The molecule has 4 nitrogen and oxygen atoms in total. The predicted molar refractivity (Wildman–Crippen MR) is 85.4 cm³/mol. The van der Waals surface area contributed by atoms with E-state index in [4.69, 9.17) is 15.8 Å². The molecule has 0 saturated carbocycles. The van der Waals surface area contributed by atoms with Crippen LogP contribution in [0.3, 0.4) is 0 Å². The van der Waals surface area contributed by atoms with Crippen molar-refractivity contribution in [3.05, 3.63) is 56.2 Å². The molecule has 3 rings (SSSR count). The van der Waals surface area contributed by atoms with Gasteiger partial charge < -0.3 is 10.8 Å². The molecule has 0 aliphatic carbocycles. The third kappa shape index (κ3) is 2.85. The van der Waals surface area contributed by atoms with Crippen molar-refractivity contribution in [1.29, 1.82) is 0 Å². The summed E-state index contributed by atoms with van der Waals surface area (Å²) in [6, 6.07) is 8.32. The lowest BCUT2D eigenvalue weighted by Crippen LogP contribution is -2.31. The average molecular weight is 301 g/mol. The van der Waals surface area contributed by atoms with E-state index in [-0.39, 0.29) is 6.61 Å². The summed E-state index contributed by atoms with van der Waals surface area (Å²) in [5, 5.41) is 13.0. The molecule has 0 unspecified atom stereocenters. The van der Waals surface area contributed by atoms with E-state index in [2.05, 4.69) is 34.5 Å². The van der Waals surface area contributed by atoms with Crippen molar-refractivity contribution in [2.45, 2.75) is 13.1 Å². The monoisotopic (exact) mass is 301 g/mol. The zero-order valence-electron chi connectivity index (χ0n) is 12.0. The van der Waals surface area contributed by atoms with Gasteiger partial charge in [0.05, 0.1) is 18.5 Å². The molecule has 0 radical (unpaired) electrons. The van der Waals surface area contributed by atoms with Crippen LogP contribution in [0.15, 0.2) is 34.6 Å². The molecular formula is C16H19N3OS. The van der Waals surface area contributed by atoms with E-state index in [0.29, 0.717) is 13.1 Å². The molecular weight excluding hydrogens is 282 g/mol. The third-order valence-electron chi connectivity index (χ3n) is 3.72. The molecule has 110 valence electrons. The molecule has 0 saturated heterocycles. The fourth-order valence-electron chi connectivity index (χ4n) is 2.60. The van der Waals surface area contributed by atoms with E-state index in [1.807, 2.05) is 7.05 Å². The number of likely N-dealkylation sites (N-methyl/N-ethyl adjacent to an activating group) is 1. The van der Waals surface area contributed by atoms with Crippen LogP contribution in [0.2, 0.25) is 0 Å². The Kier molecular flexibility index (Phi) is 4.05. The highest BCUT2D eigenvalue weighted by molar-refractivity contribution is 7.10. The maximum absolute atomic E-state index is 8.98. The van der Waals surface area contributed by atoms with Gasteiger partial charge in [-0.2, -0.15) is 0 Å². The van der Waals surface area contributed by atoms with Crippen molar-refractivity contribution < 1.29 is 5.11 Å². The molecule has 1 aliphatic heterocycles. The molecule has 0 atom stereocenters. The Morgan fingerprint density at radius 2 is 2.24 bits per heavy atom. The van der Waals surface area contributed by atoms with Crippen LogP contribution in [0.25, 0.3) is 5.70 Å². The van der Waals surface area contributed by atoms with Gasteiger partial charge >= 0.3 is 0 Å². The first kappa shape index (κ1) is 14.3. The van der Waals surface area contributed by atoms with E-state index in [1.54, 1.807) is 11.3 Å². The summed E-state index contributed by atoms with van der Waals surface area (Å²) in [5.41, 5.74) is 9.44. The Bertz CT molecular complexity index is 766. The van der Waals surface area contributed by atoms with Crippen molar-refractivity contribution in [2.24, 2.45) is 10.7 Å². The van der Waals surface area contributed by atoms with Crippen LogP contribution in [0.5, 0.6) is 0 Å². The Labute approximate surface area is 127 Å². The van der Waals surface area contributed by atoms with E-state index in [9.17, 15) is 0 Å². The molecule has 0 bridgehead atoms. The lowest BCUT2D eigenvalue weighted by molar-refractivity contribution is 0.217. The van der Waals surface area contributed by atoms with Crippen molar-refractivity contribution in [3.8, 4) is 0 Å². The largest absolute Gasteiger partial charge is 0.398 e. The summed E-state index contributed by atoms with van der Waals surface area (Å²) in [5.74, 6) is 0. The van der Waals surface area contributed by atoms with Crippen molar-refractivity contribution in [1.82, 2.24) is 4.90 Å². The standard InChI is InChI=1S/C16H19N3OS/c1-19(5-6-20)10-11-2-3-12-14(8-11)18-9-15-13(16(12)17)4-7-21-15/h2-4,7-8,20H,5-6,9-10,17H2,1H3. The number of hydrogen-bond acceptors (Lipinski definition) is 5. The highest BCUT2D eigenvalue weighted by atomic mass is 32.1. The third-order valence-corrected chi connectivity index (χ3v) is 4.62. The van der Waals surface area contributed by atoms with Crippen LogP contribution in [0.4, 0.5) is 0 Å². The minimum Gasteiger partial charge on any atom is -0.398 e. The van der Waals surface area contributed by atoms with Crippen molar-refractivity contribution in [2.75, 3.05) is 20.2 Å². The average Bonchev–Trinajstić information content (AvgIpc) is 2.88. The molecule has 2 heterocycles. The quantitative estimate of drug-likeness (QED) is 0.860. The maximum atomic E-state index is 8.98. The Morgan fingerprint density at radius 3 is 3.05 bits per heavy atom. The topological polar surface area (TPSA) is 61.8 Å². The highest BCUT2D eigenvalue weighted by Gasteiger charge is 2.11. The zero-order valence-corrected chi connectivity index (χ0v) is 12.9. The molecule has 0 spiro atoms. The van der Waals surface area contributed by atoms with Crippen molar-refractivity contribution in [3.63, 3.8) is 0 Å². The normalized spacial score (nSPS) is 13.6. The van der Waals surface area contributed by atoms with E-state index in [1.165, 1.54) is 10.4 Å². The molecule has 2 aromatic rings. The molecule has 0 amide bonds. The van der Waals surface area contributed by atoms with Gasteiger partial charge in [0.1, 0.15) is 0 Å². The molecule has 1 aliphatic rings. The summed E-state index contributed by atoms with van der Waals surface area (Å²) in [4.78, 5) is 8.02. The summed E-state index contributed by atoms with van der Waals surface area (Å²) in [7, 11) is 2.00. The SMILES string of the molecule is CN(CCO)Cc1ccc2c(c1)=NCc1sccc1C=2N. The summed E-state index contributed by atoms with van der Waals surface area (Å²) in [6.07, 6.45) is 0. The summed E-state index contributed by atoms with van der Waals surface area (Å²) >= 11 is 1.70. The molecule has 1 aromatic heterocycles. The number of fused-ring (bicyclic) bond motifs is 2. The lowest BCUT2D eigenvalue weighted by atomic mass is 10.1. The number of nitrogens with two attached hydrogens (primary N) is 1. The smallest absolute Gasteiger partial charge is 0.0746 e. The number of aliphatic hydroxyl groups excluding tert-OH is 1. The van der Waals surface area contributed by atoms with Crippen LogP contribution in [-0.2, 0) is 13.1 Å². The molecule has 0 fully saturated rings. The van der Waals surface area contributed by atoms with Crippen molar-refractivity contribution >= 4 is 17.0 Å². The van der Waals surface area contributed by atoms with Crippen LogP contribution < -0.4 is 16.3 Å². The molecule has 1 aromatic carbocycles. The van der Waals surface area contributed by atoms with Crippen LogP contribution >= 0.6 is 11.3 Å². The fraction of sp³-hybridized carbons (Fsp3) is 0.312. The first-order valence-electron chi connectivity index (χ1n) is 6.98. The molecule has 5 heteroatoms. The van der Waals surface area contributed by atoms with Crippen LogP contribution in [0.1, 0.15) is 16.0 Å². The Morgan fingerprint density at radius 1 is 1.38 bits per heavy atom. The summed E-state index contributed by atoms with van der Waals surface area (Å²) < 4.78 is 0. The van der Waals surface area contributed by atoms with Crippen LogP contribution in [-0.4, -0.2) is 30.2 Å². The van der Waals surface area contributed by atoms with Crippen LogP contribution in [0, 0.1) is 0 Å². The maximum Gasteiger partial charge on any atom is 0.0746 e. The Balaban J connectivity index is 2.02. The first-order valence-corrected chi connectivity index (χ1v) is 7.86. The number of hydrogen-bond donors (Lipinski definition) is 2. The number of aliphatic hydroxyl groups is 1. The lowest BCUT2D eigenvalue weighted by Gasteiger charge is -2.14. The van der Waals surface area contributed by atoms with Gasteiger partial charge in [-0.1, -0.05) is 12.1 Å². The van der Waals surface area contributed by atoms with Gasteiger partial charge in [-0.25, -0.2) is 0 Å². The van der Waals surface area contributed by atoms with Gasteiger partial charge in [-0.05, 0) is 30.1 Å². The number of benzene rings is 1. The fourth-order valence-corrected chi connectivity index (χ4v) is 3.41. The predicted octanol–water partition coefficient (Wildman–Crippen LogP) is 0.421. The van der Waals surface area contributed by atoms with E-state index >= 15 is 0 Å². The number of thiophene rings is 1. The second-order valence-corrected chi connectivity index (χ2v) is 6.30.